The molecule has 2 aromatic carbocycles. The number of nitriles is 1. The van der Waals surface area contributed by atoms with Crippen molar-refractivity contribution in [3.8, 4) is 17.3 Å². The van der Waals surface area contributed by atoms with Crippen molar-refractivity contribution in [2.24, 2.45) is 5.10 Å². The van der Waals surface area contributed by atoms with E-state index in [0.29, 0.717) is 11.3 Å². The van der Waals surface area contributed by atoms with Crippen LogP contribution in [-0.4, -0.2) is 34.2 Å². The Hall–Kier alpha value is -3.76. The summed E-state index contributed by atoms with van der Waals surface area (Å²) in [4.78, 5) is 21.9. The van der Waals surface area contributed by atoms with Crippen LogP contribution in [0.3, 0.4) is 0 Å². The largest absolute Gasteiger partial charge is 0.299 e. The second kappa shape index (κ2) is 10.5. The fraction of sp³-hybridized carbons (Fsp3) is 0.280. The van der Waals surface area contributed by atoms with Crippen LogP contribution < -0.4 is 11.0 Å². The molecule has 3 aromatic rings. The van der Waals surface area contributed by atoms with E-state index < -0.39 is 5.56 Å². The molecule has 2 heterocycles. The van der Waals surface area contributed by atoms with Crippen molar-refractivity contribution >= 4 is 12.2 Å². The molecule has 1 aliphatic rings. The molecule has 0 amide bonds. The maximum absolute atomic E-state index is 12.4. The van der Waals surface area contributed by atoms with Crippen molar-refractivity contribution in [2.45, 2.75) is 32.2 Å². The number of H-pyrrole nitrogens is 1. The third-order valence-electron chi connectivity index (χ3n) is 5.60. The van der Waals surface area contributed by atoms with E-state index in [0.717, 1.165) is 25.2 Å². The van der Waals surface area contributed by atoms with Crippen LogP contribution in [-0.2, 0) is 6.54 Å². The van der Waals surface area contributed by atoms with Gasteiger partial charge in [0, 0.05) is 12.1 Å². The molecule has 4 rings (SSSR count). The number of likely N-dealkylation sites (tertiary alicyclic amines) is 1. The highest BCUT2D eigenvalue weighted by molar-refractivity contribution is 5.82. The normalized spacial score (nSPS) is 14.7. The Morgan fingerprint density at radius 1 is 1.06 bits per heavy atom. The van der Waals surface area contributed by atoms with Gasteiger partial charge in [0.05, 0.1) is 11.9 Å². The standard InChI is InChI=1S/C25H26N6O/c26-16-22-23(19-10-4-3-5-11-19)28-25(29-24(22)32)30-27-17-20-12-6-7-13-21(20)18-31-14-8-1-2-9-15-31/h3-7,10-13,17H,1-2,8-9,14-15,18H2,(H2,28,29,30,32). The molecule has 1 saturated heterocycles. The molecule has 0 aliphatic carbocycles. The molecule has 0 unspecified atom stereocenters. The smallest absolute Gasteiger partial charge is 0.270 e. The van der Waals surface area contributed by atoms with Gasteiger partial charge in [-0.05, 0) is 37.1 Å². The molecule has 0 radical (unpaired) electrons. The van der Waals surface area contributed by atoms with E-state index in [1.807, 2.05) is 54.6 Å². The van der Waals surface area contributed by atoms with Gasteiger partial charge in [0.15, 0.2) is 0 Å². The van der Waals surface area contributed by atoms with Gasteiger partial charge in [-0.15, -0.1) is 0 Å². The van der Waals surface area contributed by atoms with Crippen LogP contribution >= 0.6 is 0 Å². The van der Waals surface area contributed by atoms with Gasteiger partial charge in [-0.1, -0.05) is 67.4 Å². The molecule has 1 fully saturated rings. The Morgan fingerprint density at radius 3 is 2.53 bits per heavy atom. The highest BCUT2D eigenvalue weighted by Gasteiger charge is 2.13. The molecule has 1 aromatic heterocycles. The molecule has 0 spiro atoms. The number of nitrogens with one attached hydrogen (secondary N) is 2. The predicted octanol–water partition coefficient (Wildman–Crippen LogP) is 4.13. The van der Waals surface area contributed by atoms with Crippen molar-refractivity contribution in [3.05, 3.63) is 81.6 Å². The zero-order valence-corrected chi connectivity index (χ0v) is 17.9. The second-order valence-electron chi connectivity index (χ2n) is 7.88. The first-order valence-corrected chi connectivity index (χ1v) is 10.9. The van der Waals surface area contributed by atoms with Crippen molar-refractivity contribution in [2.75, 3.05) is 18.5 Å². The van der Waals surface area contributed by atoms with E-state index in [4.69, 9.17) is 0 Å². The Morgan fingerprint density at radius 2 is 1.78 bits per heavy atom. The maximum atomic E-state index is 12.4. The van der Waals surface area contributed by atoms with Crippen LogP contribution in [0.2, 0.25) is 0 Å². The van der Waals surface area contributed by atoms with E-state index in [-0.39, 0.29) is 11.5 Å². The summed E-state index contributed by atoms with van der Waals surface area (Å²) in [6, 6.07) is 19.3. The molecule has 2 N–H and O–H groups in total. The van der Waals surface area contributed by atoms with Crippen LogP contribution in [0, 0.1) is 11.3 Å². The van der Waals surface area contributed by atoms with E-state index in [2.05, 4.69) is 31.5 Å². The summed E-state index contributed by atoms with van der Waals surface area (Å²) in [7, 11) is 0. The lowest BCUT2D eigenvalue weighted by molar-refractivity contribution is 0.277. The Labute approximate surface area is 187 Å². The minimum Gasteiger partial charge on any atom is -0.299 e. The monoisotopic (exact) mass is 426 g/mol. The summed E-state index contributed by atoms with van der Waals surface area (Å²) >= 11 is 0. The van der Waals surface area contributed by atoms with E-state index in [1.165, 1.54) is 31.2 Å². The Kier molecular flexibility index (Phi) is 7.05. The molecule has 32 heavy (non-hydrogen) atoms. The van der Waals surface area contributed by atoms with Gasteiger partial charge < -0.3 is 0 Å². The van der Waals surface area contributed by atoms with Crippen molar-refractivity contribution < 1.29 is 0 Å². The predicted molar refractivity (Wildman–Crippen MR) is 126 cm³/mol. The highest BCUT2D eigenvalue weighted by atomic mass is 16.1. The van der Waals surface area contributed by atoms with Crippen LogP contribution in [0.15, 0.2) is 64.5 Å². The number of aromatic amines is 1. The molecule has 0 atom stereocenters. The van der Waals surface area contributed by atoms with Gasteiger partial charge in [-0.25, -0.2) is 10.4 Å². The van der Waals surface area contributed by atoms with Crippen LogP contribution in [0.5, 0.6) is 0 Å². The average Bonchev–Trinajstić information content (AvgIpc) is 3.09. The van der Waals surface area contributed by atoms with Gasteiger partial charge in [-0.2, -0.15) is 10.4 Å². The average molecular weight is 427 g/mol. The van der Waals surface area contributed by atoms with Gasteiger partial charge in [0.2, 0.25) is 5.95 Å². The highest BCUT2D eigenvalue weighted by Crippen LogP contribution is 2.19. The number of rotatable bonds is 6. The minimum absolute atomic E-state index is 0.0199. The molecule has 0 saturated carbocycles. The summed E-state index contributed by atoms with van der Waals surface area (Å²) in [5.74, 6) is 0.189. The molecular weight excluding hydrogens is 400 g/mol. The number of benzene rings is 2. The summed E-state index contributed by atoms with van der Waals surface area (Å²) in [5, 5.41) is 13.7. The lowest BCUT2D eigenvalue weighted by Gasteiger charge is -2.20. The second-order valence-corrected chi connectivity index (χ2v) is 7.88. The first kappa shape index (κ1) is 21.5. The molecule has 0 bridgehead atoms. The van der Waals surface area contributed by atoms with Crippen LogP contribution in [0.4, 0.5) is 5.95 Å². The maximum Gasteiger partial charge on any atom is 0.270 e. The summed E-state index contributed by atoms with van der Waals surface area (Å²) < 4.78 is 0. The summed E-state index contributed by atoms with van der Waals surface area (Å²) in [6.07, 6.45) is 6.86. The summed E-state index contributed by atoms with van der Waals surface area (Å²) in [5.41, 5.74) is 5.56. The van der Waals surface area contributed by atoms with Gasteiger partial charge >= 0.3 is 0 Å². The first-order chi connectivity index (χ1) is 15.7. The number of nitrogens with zero attached hydrogens (tertiary/aromatic N) is 4. The Balaban J connectivity index is 1.53. The first-order valence-electron chi connectivity index (χ1n) is 10.9. The third kappa shape index (κ3) is 5.29. The van der Waals surface area contributed by atoms with E-state index >= 15 is 0 Å². The van der Waals surface area contributed by atoms with Gasteiger partial charge in [-0.3, -0.25) is 14.7 Å². The van der Waals surface area contributed by atoms with Crippen LogP contribution in [0.25, 0.3) is 11.3 Å². The zero-order chi connectivity index (χ0) is 22.2. The van der Waals surface area contributed by atoms with Crippen LogP contribution in [0.1, 0.15) is 42.4 Å². The van der Waals surface area contributed by atoms with E-state index in [9.17, 15) is 10.1 Å². The Bertz CT molecular complexity index is 1170. The number of hydrogen-bond donors (Lipinski definition) is 2. The molecule has 7 nitrogen and oxygen atoms in total. The number of hydrazone groups is 1. The lowest BCUT2D eigenvalue weighted by atomic mass is 10.1. The topological polar surface area (TPSA) is 97.2 Å². The molecular formula is C25H26N6O. The third-order valence-corrected chi connectivity index (χ3v) is 5.60. The van der Waals surface area contributed by atoms with E-state index in [1.54, 1.807) is 6.21 Å². The minimum atomic E-state index is -0.499. The quantitative estimate of drug-likeness (QED) is 0.456. The molecule has 1 aliphatic heterocycles. The van der Waals surface area contributed by atoms with Crippen molar-refractivity contribution in [1.29, 1.82) is 5.26 Å². The lowest BCUT2D eigenvalue weighted by Crippen LogP contribution is -2.24. The number of hydrogen-bond acceptors (Lipinski definition) is 6. The fourth-order valence-electron chi connectivity index (χ4n) is 3.94. The fourth-order valence-corrected chi connectivity index (χ4v) is 3.94. The van der Waals surface area contributed by atoms with Gasteiger partial charge in [0.1, 0.15) is 11.6 Å². The van der Waals surface area contributed by atoms with Crippen molar-refractivity contribution in [3.63, 3.8) is 0 Å². The SMILES string of the molecule is N#Cc1c(-c2ccccc2)nc(NN=Cc2ccccc2CN2CCCCCC2)[nH]c1=O. The number of anilines is 1. The van der Waals surface area contributed by atoms with Crippen molar-refractivity contribution in [1.82, 2.24) is 14.9 Å². The van der Waals surface area contributed by atoms with Gasteiger partial charge in [0.25, 0.3) is 5.56 Å². The number of aromatic nitrogens is 2. The zero-order valence-electron chi connectivity index (χ0n) is 17.9. The molecule has 162 valence electrons. The summed E-state index contributed by atoms with van der Waals surface area (Å²) in [6.45, 7) is 3.15. The molecule has 7 heteroatoms.